The Hall–Kier alpha value is -0.250. The van der Waals surface area contributed by atoms with Gasteiger partial charge in [-0.25, -0.2) is 0 Å². The van der Waals surface area contributed by atoms with Gasteiger partial charge >= 0.3 is 0 Å². The van der Waals surface area contributed by atoms with Crippen LogP contribution in [0.5, 0.6) is 0 Å². The molecule has 0 aliphatic rings. The number of hydrogen-bond acceptors (Lipinski definition) is 2. The van der Waals surface area contributed by atoms with Crippen molar-refractivity contribution in [2.75, 3.05) is 5.73 Å². The molecule has 2 rings (SSSR count). The first kappa shape index (κ1) is 14.2. The second-order valence-corrected chi connectivity index (χ2v) is 6.22. The molecule has 0 amide bonds. The number of rotatable bonds is 2. The predicted molar refractivity (Wildman–Crippen MR) is 81.5 cm³/mol. The number of benzene rings is 2. The van der Waals surface area contributed by atoms with Crippen LogP contribution in [0.4, 0.5) is 5.69 Å². The van der Waals surface area contributed by atoms with Gasteiger partial charge in [0, 0.05) is 20.5 Å². The van der Waals surface area contributed by atoms with Crippen molar-refractivity contribution < 1.29 is 0 Å². The molecule has 0 aliphatic carbocycles. The summed E-state index contributed by atoms with van der Waals surface area (Å²) < 4.78 is 0. The normalized spacial score (nSPS) is 10.7. The summed E-state index contributed by atoms with van der Waals surface area (Å²) in [4.78, 5) is 1.60. The van der Waals surface area contributed by atoms with Crippen LogP contribution in [-0.2, 0) is 0 Å². The summed E-state index contributed by atoms with van der Waals surface area (Å²) in [6.07, 6.45) is 0. The van der Waals surface area contributed by atoms with E-state index in [0.717, 1.165) is 9.79 Å². The Morgan fingerprint density at radius 1 is 0.778 bits per heavy atom. The number of nitrogen functional groups attached to an aromatic ring is 1. The van der Waals surface area contributed by atoms with Crippen LogP contribution in [0.2, 0.25) is 20.1 Å². The zero-order valence-electron chi connectivity index (χ0n) is 8.88. The molecule has 2 aromatic rings. The number of nitrogens with two attached hydrogens (primary N) is 1. The topological polar surface area (TPSA) is 26.0 Å². The maximum atomic E-state index is 6.09. The van der Waals surface area contributed by atoms with Crippen LogP contribution in [0, 0.1) is 0 Å². The molecule has 0 radical (unpaired) electrons. The van der Waals surface area contributed by atoms with Gasteiger partial charge in [-0.15, -0.1) is 0 Å². The van der Waals surface area contributed by atoms with Crippen molar-refractivity contribution in [2.24, 2.45) is 0 Å². The Morgan fingerprint density at radius 2 is 1.44 bits per heavy atom. The molecule has 0 saturated carbocycles. The Balaban J connectivity index is 2.40. The fourth-order valence-corrected chi connectivity index (χ4v) is 3.12. The number of halogens is 4. The largest absolute Gasteiger partial charge is 0.398 e. The predicted octanol–water partition coefficient (Wildman–Crippen LogP) is 6.03. The lowest BCUT2D eigenvalue weighted by Crippen LogP contribution is -1.89. The van der Waals surface area contributed by atoms with Gasteiger partial charge in [0.2, 0.25) is 0 Å². The first-order valence-electron chi connectivity index (χ1n) is 4.85. The maximum Gasteiger partial charge on any atom is 0.0613 e. The minimum Gasteiger partial charge on any atom is -0.398 e. The summed E-state index contributed by atoms with van der Waals surface area (Å²) in [5.41, 5.74) is 6.43. The Labute approximate surface area is 129 Å². The quantitative estimate of drug-likeness (QED) is 0.676. The summed E-state index contributed by atoms with van der Waals surface area (Å²) in [7, 11) is 0. The molecule has 0 spiro atoms. The highest BCUT2D eigenvalue weighted by molar-refractivity contribution is 7.99. The van der Waals surface area contributed by atoms with E-state index in [1.165, 1.54) is 11.8 Å². The fourth-order valence-electron chi connectivity index (χ4n) is 1.31. The monoisotopic (exact) mass is 337 g/mol. The molecule has 0 unspecified atom stereocenters. The average Bonchev–Trinajstić information content (AvgIpc) is 2.30. The molecule has 6 heteroatoms. The smallest absolute Gasteiger partial charge is 0.0613 e. The van der Waals surface area contributed by atoms with Gasteiger partial charge in [0.05, 0.1) is 15.1 Å². The lowest BCUT2D eigenvalue weighted by atomic mass is 10.3. The van der Waals surface area contributed by atoms with Crippen molar-refractivity contribution in [3.63, 3.8) is 0 Å². The van der Waals surface area contributed by atoms with Crippen molar-refractivity contribution in [1.29, 1.82) is 0 Å². The van der Waals surface area contributed by atoms with Crippen LogP contribution < -0.4 is 5.73 Å². The molecule has 0 atom stereocenters. The van der Waals surface area contributed by atoms with Gasteiger partial charge in [0.1, 0.15) is 0 Å². The molecule has 18 heavy (non-hydrogen) atoms. The SMILES string of the molecule is Nc1cc(Cl)c(Cl)cc1Sc1cc(Cl)ccc1Cl. The third-order valence-corrected chi connectivity index (χ3v) is 4.70. The lowest BCUT2D eigenvalue weighted by molar-refractivity contribution is 1.41. The molecule has 0 heterocycles. The molecule has 94 valence electrons. The lowest BCUT2D eigenvalue weighted by Gasteiger charge is -2.09. The van der Waals surface area contributed by atoms with E-state index < -0.39 is 0 Å². The van der Waals surface area contributed by atoms with E-state index in [1.54, 1.807) is 30.3 Å². The first-order valence-corrected chi connectivity index (χ1v) is 7.17. The van der Waals surface area contributed by atoms with E-state index in [2.05, 4.69) is 0 Å². The minimum absolute atomic E-state index is 0.427. The zero-order chi connectivity index (χ0) is 13.3. The number of anilines is 1. The van der Waals surface area contributed by atoms with Gasteiger partial charge in [-0.2, -0.15) is 0 Å². The van der Waals surface area contributed by atoms with Crippen LogP contribution >= 0.6 is 58.2 Å². The van der Waals surface area contributed by atoms with Crippen molar-refractivity contribution in [2.45, 2.75) is 9.79 Å². The van der Waals surface area contributed by atoms with Crippen molar-refractivity contribution in [3.8, 4) is 0 Å². The molecule has 0 bridgehead atoms. The molecular formula is C12H7Cl4NS. The molecule has 2 N–H and O–H groups in total. The molecule has 0 fully saturated rings. The minimum atomic E-state index is 0.427. The van der Waals surface area contributed by atoms with Crippen molar-refractivity contribution >= 4 is 63.9 Å². The van der Waals surface area contributed by atoms with Crippen LogP contribution in [0.25, 0.3) is 0 Å². The highest BCUT2D eigenvalue weighted by atomic mass is 35.5. The van der Waals surface area contributed by atoms with Gasteiger partial charge < -0.3 is 5.73 Å². The van der Waals surface area contributed by atoms with Crippen LogP contribution in [0.3, 0.4) is 0 Å². The summed E-state index contributed by atoms with van der Waals surface area (Å²) in [6.45, 7) is 0. The highest BCUT2D eigenvalue weighted by Crippen LogP contribution is 2.40. The van der Waals surface area contributed by atoms with Crippen LogP contribution in [-0.4, -0.2) is 0 Å². The Bertz CT molecular complexity index is 601. The summed E-state index contributed by atoms with van der Waals surface area (Å²) >= 11 is 25.3. The summed E-state index contributed by atoms with van der Waals surface area (Å²) in [6, 6.07) is 8.56. The van der Waals surface area contributed by atoms with E-state index in [9.17, 15) is 0 Å². The molecule has 2 aromatic carbocycles. The van der Waals surface area contributed by atoms with E-state index in [4.69, 9.17) is 52.1 Å². The standard InChI is InChI=1S/C12H7Cl4NS/c13-6-1-2-7(14)11(3-6)18-12-5-9(16)8(15)4-10(12)17/h1-5H,17H2. The zero-order valence-corrected chi connectivity index (χ0v) is 12.7. The van der Waals surface area contributed by atoms with E-state index in [-0.39, 0.29) is 0 Å². The van der Waals surface area contributed by atoms with E-state index in [1.807, 2.05) is 0 Å². The third kappa shape index (κ3) is 3.19. The van der Waals surface area contributed by atoms with Crippen LogP contribution in [0.1, 0.15) is 0 Å². The molecular weight excluding hydrogens is 332 g/mol. The molecule has 0 aromatic heterocycles. The number of hydrogen-bond donors (Lipinski definition) is 1. The van der Waals surface area contributed by atoms with E-state index >= 15 is 0 Å². The molecule has 0 saturated heterocycles. The molecule has 0 aliphatic heterocycles. The van der Waals surface area contributed by atoms with Gasteiger partial charge in [-0.05, 0) is 30.3 Å². The Kier molecular flexibility index (Phi) is 4.57. The van der Waals surface area contributed by atoms with Gasteiger partial charge in [-0.3, -0.25) is 0 Å². The first-order chi connectivity index (χ1) is 8.47. The van der Waals surface area contributed by atoms with Crippen molar-refractivity contribution in [3.05, 3.63) is 50.4 Å². The summed E-state index contributed by atoms with van der Waals surface area (Å²) in [5.74, 6) is 0. The van der Waals surface area contributed by atoms with Gasteiger partial charge in [0.15, 0.2) is 0 Å². The van der Waals surface area contributed by atoms with Gasteiger partial charge in [0.25, 0.3) is 0 Å². The Morgan fingerprint density at radius 3 is 2.17 bits per heavy atom. The molecule has 1 nitrogen and oxygen atoms in total. The highest BCUT2D eigenvalue weighted by Gasteiger charge is 2.09. The van der Waals surface area contributed by atoms with Crippen LogP contribution in [0.15, 0.2) is 40.1 Å². The maximum absolute atomic E-state index is 6.09. The van der Waals surface area contributed by atoms with E-state index in [0.29, 0.717) is 25.8 Å². The fraction of sp³-hybridized carbons (Fsp3) is 0. The summed E-state index contributed by atoms with van der Waals surface area (Å²) in [5, 5.41) is 2.10. The van der Waals surface area contributed by atoms with Gasteiger partial charge in [-0.1, -0.05) is 58.2 Å². The van der Waals surface area contributed by atoms with Crippen molar-refractivity contribution in [1.82, 2.24) is 0 Å². The average molecular weight is 339 g/mol. The second-order valence-electron chi connectivity index (χ2n) is 3.48. The third-order valence-electron chi connectivity index (χ3n) is 2.17. The second kappa shape index (κ2) is 5.81.